The molecular weight excluding hydrogens is 274 g/mol. The monoisotopic (exact) mass is 293 g/mol. The molecule has 0 radical (unpaired) electrons. The Balaban J connectivity index is 2.07. The quantitative estimate of drug-likeness (QED) is 0.612. The molecule has 7 nitrogen and oxygen atoms in total. The van der Waals surface area contributed by atoms with Crippen LogP contribution in [0.2, 0.25) is 0 Å². The van der Waals surface area contributed by atoms with E-state index in [1.807, 2.05) is 0 Å². The molecule has 7 heteroatoms. The lowest BCUT2D eigenvalue weighted by Gasteiger charge is -2.30. The highest BCUT2D eigenvalue weighted by Gasteiger charge is 2.44. The van der Waals surface area contributed by atoms with Gasteiger partial charge in [-0.15, -0.1) is 0 Å². The SMILES string of the molecule is CC1(C)NC(Cc2ccc(O)cc2)C(=O)N1NCC(=O)O. The topological polar surface area (TPSA) is 102 Å². The second-order valence-corrected chi connectivity index (χ2v) is 5.53. The van der Waals surface area contributed by atoms with Crippen molar-refractivity contribution in [2.24, 2.45) is 0 Å². The summed E-state index contributed by atoms with van der Waals surface area (Å²) in [4.78, 5) is 23.0. The van der Waals surface area contributed by atoms with Crippen LogP contribution in [0.5, 0.6) is 5.75 Å². The minimum absolute atomic E-state index is 0.175. The molecule has 1 heterocycles. The first-order valence-corrected chi connectivity index (χ1v) is 6.64. The number of phenols is 1. The van der Waals surface area contributed by atoms with Crippen LogP contribution in [0, 0.1) is 0 Å². The van der Waals surface area contributed by atoms with Gasteiger partial charge < -0.3 is 10.2 Å². The third-order valence-electron chi connectivity index (χ3n) is 3.37. The lowest BCUT2D eigenvalue weighted by Crippen LogP contribution is -2.55. The normalized spacial score (nSPS) is 20.8. The van der Waals surface area contributed by atoms with Crippen LogP contribution in [0.3, 0.4) is 0 Å². The molecule has 1 aliphatic rings. The Bertz CT molecular complexity index is 542. The number of rotatable bonds is 5. The predicted octanol–water partition coefficient (Wildman–Crippen LogP) is 0.0604. The highest BCUT2D eigenvalue weighted by molar-refractivity contribution is 5.85. The number of aromatic hydroxyl groups is 1. The van der Waals surface area contributed by atoms with Gasteiger partial charge in [0.1, 0.15) is 18.0 Å². The Kier molecular flexibility index (Phi) is 4.15. The van der Waals surface area contributed by atoms with Gasteiger partial charge in [0.25, 0.3) is 5.91 Å². The third kappa shape index (κ3) is 3.50. The number of hydrogen-bond acceptors (Lipinski definition) is 5. The van der Waals surface area contributed by atoms with Crippen LogP contribution in [0.4, 0.5) is 0 Å². The number of hydrogen-bond donors (Lipinski definition) is 4. The second-order valence-electron chi connectivity index (χ2n) is 5.53. The van der Waals surface area contributed by atoms with Crippen LogP contribution < -0.4 is 10.7 Å². The van der Waals surface area contributed by atoms with Gasteiger partial charge >= 0.3 is 5.97 Å². The fraction of sp³-hybridized carbons (Fsp3) is 0.429. The molecule has 4 N–H and O–H groups in total. The molecule has 21 heavy (non-hydrogen) atoms. The molecule has 0 spiro atoms. The molecular formula is C14H19N3O4. The highest BCUT2D eigenvalue weighted by Crippen LogP contribution is 2.21. The number of carbonyl (C=O) groups is 2. The Morgan fingerprint density at radius 3 is 2.57 bits per heavy atom. The standard InChI is InChI=1S/C14H19N3O4/c1-14(2)16-11(7-9-3-5-10(18)6-4-9)13(21)17(14)15-8-12(19)20/h3-6,11,15-16,18H,7-8H2,1-2H3,(H,19,20). The number of nitrogens with one attached hydrogen (secondary N) is 2. The van der Waals surface area contributed by atoms with Crippen molar-refractivity contribution in [3.63, 3.8) is 0 Å². The zero-order chi connectivity index (χ0) is 15.6. The molecule has 1 aliphatic heterocycles. The van der Waals surface area contributed by atoms with Gasteiger partial charge in [-0.25, -0.2) is 5.43 Å². The maximum Gasteiger partial charge on any atom is 0.319 e. The van der Waals surface area contributed by atoms with Crippen LogP contribution >= 0.6 is 0 Å². The Hall–Kier alpha value is -2.12. The molecule has 0 aliphatic carbocycles. The zero-order valence-electron chi connectivity index (χ0n) is 12.0. The van der Waals surface area contributed by atoms with E-state index in [4.69, 9.17) is 5.11 Å². The number of benzene rings is 1. The van der Waals surface area contributed by atoms with E-state index in [0.29, 0.717) is 6.42 Å². The van der Waals surface area contributed by atoms with Gasteiger partial charge in [-0.1, -0.05) is 12.1 Å². The highest BCUT2D eigenvalue weighted by atomic mass is 16.4. The Morgan fingerprint density at radius 2 is 2.00 bits per heavy atom. The third-order valence-corrected chi connectivity index (χ3v) is 3.37. The lowest BCUT2D eigenvalue weighted by molar-refractivity contribution is -0.141. The number of carboxylic acids is 1. The van der Waals surface area contributed by atoms with Crippen molar-refractivity contribution in [2.75, 3.05) is 6.54 Å². The smallest absolute Gasteiger partial charge is 0.319 e. The number of carbonyl (C=O) groups excluding carboxylic acids is 1. The van der Waals surface area contributed by atoms with Gasteiger partial charge in [0, 0.05) is 0 Å². The molecule has 2 rings (SSSR count). The van der Waals surface area contributed by atoms with Crippen LogP contribution in [0.25, 0.3) is 0 Å². The summed E-state index contributed by atoms with van der Waals surface area (Å²) >= 11 is 0. The summed E-state index contributed by atoms with van der Waals surface area (Å²) in [5, 5.41) is 22.5. The fourth-order valence-corrected chi connectivity index (χ4v) is 2.41. The average Bonchev–Trinajstić information content (AvgIpc) is 2.60. The number of amides is 1. The summed E-state index contributed by atoms with van der Waals surface area (Å²) in [6, 6.07) is 6.21. The lowest BCUT2D eigenvalue weighted by atomic mass is 10.1. The number of hydrazine groups is 1. The van der Waals surface area contributed by atoms with Crippen LogP contribution in [0.15, 0.2) is 24.3 Å². The maximum atomic E-state index is 12.4. The van der Waals surface area contributed by atoms with Gasteiger partial charge in [-0.3, -0.25) is 19.9 Å². The van der Waals surface area contributed by atoms with E-state index in [2.05, 4.69) is 10.7 Å². The van der Waals surface area contributed by atoms with E-state index in [1.165, 1.54) is 5.01 Å². The van der Waals surface area contributed by atoms with Crippen LogP contribution in [-0.2, 0) is 16.0 Å². The van der Waals surface area contributed by atoms with E-state index >= 15 is 0 Å². The van der Waals surface area contributed by atoms with E-state index < -0.39 is 17.7 Å². The van der Waals surface area contributed by atoms with Gasteiger partial charge in [0.05, 0.1) is 6.04 Å². The molecule has 1 fully saturated rings. The summed E-state index contributed by atoms with van der Waals surface area (Å²) in [7, 11) is 0. The second kappa shape index (κ2) is 5.71. The van der Waals surface area contributed by atoms with Crippen molar-refractivity contribution in [1.29, 1.82) is 0 Å². The summed E-state index contributed by atoms with van der Waals surface area (Å²) in [6.07, 6.45) is 0.466. The van der Waals surface area contributed by atoms with Gasteiger partial charge in [-0.05, 0) is 38.0 Å². The first-order chi connectivity index (χ1) is 9.79. The zero-order valence-corrected chi connectivity index (χ0v) is 12.0. The first-order valence-electron chi connectivity index (χ1n) is 6.64. The maximum absolute atomic E-state index is 12.4. The average molecular weight is 293 g/mol. The minimum Gasteiger partial charge on any atom is -0.508 e. The van der Waals surface area contributed by atoms with Crippen molar-refractivity contribution >= 4 is 11.9 Å². The summed E-state index contributed by atoms with van der Waals surface area (Å²) in [5.41, 5.74) is 2.87. The van der Waals surface area contributed by atoms with Gasteiger partial charge in [0.2, 0.25) is 0 Å². The van der Waals surface area contributed by atoms with E-state index in [1.54, 1.807) is 38.1 Å². The van der Waals surface area contributed by atoms with Gasteiger partial charge in [0.15, 0.2) is 0 Å². The first kappa shape index (κ1) is 15.3. The Morgan fingerprint density at radius 1 is 1.38 bits per heavy atom. The number of nitrogens with zero attached hydrogens (tertiary/aromatic N) is 1. The van der Waals surface area contributed by atoms with Crippen LogP contribution in [0.1, 0.15) is 19.4 Å². The van der Waals surface area contributed by atoms with Crippen LogP contribution in [-0.4, -0.2) is 45.3 Å². The molecule has 1 amide bonds. The summed E-state index contributed by atoms with van der Waals surface area (Å²) < 4.78 is 0. The van der Waals surface area contributed by atoms with Crippen molar-refractivity contribution in [3.8, 4) is 5.75 Å². The molecule has 1 aromatic rings. The summed E-state index contributed by atoms with van der Waals surface area (Å²) in [5.74, 6) is -1.05. The molecule has 1 unspecified atom stereocenters. The molecule has 0 aromatic heterocycles. The molecule has 0 saturated carbocycles. The van der Waals surface area contributed by atoms with Crippen molar-refractivity contribution in [3.05, 3.63) is 29.8 Å². The molecule has 1 saturated heterocycles. The molecule has 114 valence electrons. The summed E-state index contributed by atoms with van der Waals surface area (Å²) in [6.45, 7) is 3.29. The van der Waals surface area contributed by atoms with Crippen molar-refractivity contribution in [2.45, 2.75) is 32.0 Å². The van der Waals surface area contributed by atoms with Crippen molar-refractivity contribution < 1.29 is 19.8 Å². The van der Waals surface area contributed by atoms with E-state index in [9.17, 15) is 14.7 Å². The van der Waals surface area contributed by atoms with Crippen molar-refractivity contribution in [1.82, 2.24) is 15.8 Å². The largest absolute Gasteiger partial charge is 0.508 e. The van der Waals surface area contributed by atoms with E-state index in [0.717, 1.165) is 5.56 Å². The number of aliphatic carboxylic acids is 1. The minimum atomic E-state index is -1.03. The molecule has 1 aromatic carbocycles. The number of carboxylic acid groups (broad SMARTS) is 1. The van der Waals surface area contributed by atoms with Gasteiger partial charge in [-0.2, -0.15) is 0 Å². The molecule has 1 atom stereocenters. The number of phenolic OH excluding ortho intramolecular Hbond substituents is 1. The fourth-order valence-electron chi connectivity index (χ4n) is 2.41. The molecule has 0 bridgehead atoms. The predicted molar refractivity (Wildman–Crippen MR) is 75.3 cm³/mol. The Labute approximate surface area is 122 Å². The van der Waals surface area contributed by atoms with E-state index in [-0.39, 0.29) is 18.2 Å².